The first-order valence-corrected chi connectivity index (χ1v) is 6.58. The zero-order valence-corrected chi connectivity index (χ0v) is 11.7. The lowest BCUT2D eigenvalue weighted by atomic mass is 10.0. The summed E-state index contributed by atoms with van der Waals surface area (Å²) in [5, 5.41) is 11.0. The van der Waals surface area contributed by atoms with Crippen LogP contribution in [0.1, 0.15) is 38.1 Å². The number of rotatable bonds is 2. The first-order chi connectivity index (χ1) is 8.84. The summed E-state index contributed by atoms with van der Waals surface area (Å²) >= 11 is 0. The van der Waals surface area contributed by atoms with Crippen molar-refractivity contribution < 1.29 is 4.79 Å². The Balaban J connectivity index is 1.81. The molecule has 1 saturated carbocycles. The van der Waals surface area contributed by atoms with Gasteiger partial charge in [0, 0.05) is 17.0 Å². The van der Waals surface area contributed by atoms with E-state index >= 15 is 0 Å². The van der Waals surface area contributed by atoms with Crippen LogP contribution in [0.4, 0.5) is 0 Å². The van der Waals surface area contributed by atoms with Crippen molar-refractivity contribution in [3.8, 4) is 0 Å². The van der Waals surface area contributed by atoms with Crippen LogP contribution in [0.15, 0.2) is 24.4 Å². The molecule has 100 valence electrons. The van der Waals surface area contributed by atoms with E-state index in [9.17, 15) is 4.79 Å². The molecule has 1 amide bonds. The maximum absolute atomic E-state index is 12.3. The van der Waals surface area contributed by atoms with Gasteiger partial charge in [-0.05, 0) is 23.0 Å². The smallest absolute Gasteiger partial charge is 0.251 e. The number of nitrogens with one attached hydrogen (secondary N) is 2. The van der Waals surface area contributed by atoms with Crippen LogP contribution in [0, 0.1) is 10.8 Å². The number of H-pyrrole nitrogens is 1. The van der Waals surface area contributed by atoms with Gasteiger partial charge in [-0.25, -0.2) is 0 Å². The number of benzene rings is 1. The maximum atomic E-state index is 12.3. The Morgan fingerprint density at radius 3 is 2.58 bits per heavy atom. The summed E-state index contributed by atoms with van der Waals surface area (Å²) < 4.78 is 0. The van der Waals surface area contributed by atoms with Gasteiger partial charge >= 0.3 is 0 Å². The van der Waals surface area contributed by atoms with Gasteiger partial charge in [0.25, 0.3) is 5.91 Å². The monoisotopic (exact) mass is 257 g/mol. The van der Waals surface area contributed by atoms with Gasteiger partial charge < -0.3 is 5.32 Å². The first-order valence-electron chi connectivity index (χ1n) is 6.58. The Labute approximate surface area is 112 Å². The lowest BCUT2D eigenvalue weighted by Crippen LogP contribution is -2.29. The van der Waals surface area contributed by atoms with Crippen molar-refractivity contribution in [1.82, 2.24) is 15.5 Å². The number of carbonyl (C=O) groups excluding carboxylic acids is 1. The van der Waals surface area contributed by atoms with Crippen molar-refractivity contribution >= 4 is 16.8 Å². The minimum atomic E-state index is -0.0137. The van der Waals surface area contributed by atoms with Gasteiger partial charge in [-0.2, -0.15) is 5.10 Å². The molecule has 0 spiro atoms. The molecular weight excluding hydrogens is 238 g/mol. The van der Waals surface area contributed by atoms with Gasteiger partial charge in [-0.15, -0.1) is 0 Å². The number of hydrogen-bond donors (Lipinski definition) is 2. The van der Waals surface area contributed by atoms with Crippen molar-refractivity contribution in [2.45, 2.75) is 33.7 Å². The molecule has 1 aromatic heterocycles. The molecule has 1 aliphatic carbocycles. The molecule has 2 aromatic rings. The molecule has 4 nitrogen and oxygen atoms in total. The summed E-state index contributed by atoms with van der Waals surface area (Å²) in [6, 6.07) is 5.83. The van der Waals surface area contributed by atoms with Crippen LogP contribution in [0.3, 0.4) is 0 Å². The van der Waals surface area contributed by atoms with Gasteiger partial charge in [0.2, 0.25) is 0 Å². The van der Waals surface area contributed by atoms with E-state index < -0.39 is 0 Å². The quantitative estimate of drug-likeness (QED) is 0.869. The Morgan fingerprint density at radius 1 is 1.26 bits per heavy atom. The lowest BCUT2D eigenvalue weighted by Gasteiger charge is -2.07. The van der Waals surface area contributed by atoms with Crippen LogP contribution in [0.5, 0.6) is 0 Å². The van der Waals surface area contributed by atoms with Gasteiger partial charge in [-0.3, -0.25) is 9.89 Å². The molecule has 0 atom stereocenters. The third-order valence-corrected chi connectivity index (χ3v) is 5.00. The van der Waals surface area contributed by atoms with Gasteiger partial charge in [0.05, 0.1) is 11.7 Å². The highest BCUT2D eigenvalue weighted by molar-refractivity contribution is 5.98. The van der Waals surface area contributed by atoms with E-state index in [0.29, 0.717) is 5.56 Å². The summed E-state index contributed by atoms with van der Waals surface area (Å²) in [6.07, 6.45) is 1.75. The van der Waals surface area contributed by atoms with Gasteiger partial charge in [0.15, 0.2) is 0 Å². The minimum absolute atomic E-state index is 0.0137. The average molecular weight is 257 g/mol. The number of fused-ring (bicyclic) bond motifs is 1. The number of amides is 1. The van der Waals surface area contributed by atoms with E-state index in [4.69, 9.17) is 0 Å². The summed E-state index contributed by atoms with van der Waals surface area (Å²) in [5.41, 5.74) is 1.87. The van der Waals surface area contributed by atoms with E-state index in [1.807, 2.05) is 18.2 Å². The molecule has 0 unspecified atom stereocenters. The van der Waals surface area contributed by atoms with Crippen LogP contribution in [0.25, 0.3) is 10.9 Å². The third-order valence-electron chi connectivity index (χ3n) is 5.00. The van der Waals surface area contributed by atoms with E-state index in [2.05, 4.69) is 43.2 Å². The average Bonchev–Trinajstić information content (AvgIpc) is 2.76. The Morgan fingerprint density at radius 2 is 1.95 bits per heavy atom. The van der Waals surface area contributed by atoms with Crippen LogP contribution in [-0.4, -0.2) is 22.1 Å². The van der Waals surface area contributed by atoms with Crippen LogP contribution >= 0.6 is 0 Å². The standard InChI is InChI=1S/C15H19N3O/c1-14(2)13(15(14,3)4)17-12(19)9-5-6-10-8-16-18-11(10)7-9/h5-8,13H,1-4H3,(H,16,18)(H,17,19). The second-order valence-corrected chi connectivity index (χ2v) is 6.52. The molecule has 1 heterocycles. The molecule has 0 radical (unpaired) electrons. The van der Waals surface area contributed by atoms with Crippen LogP contribution < -0.4 is 5.32 Å². The van der Waals surface area contributed by atoms with Crippen LogP contribution in [-0.2, 0) is 0 Å². The molecule has 0 bridgehead atoms. The van der Waals surface area contributed by atoms with E-state index in [0.717, 1.165) is 10.9 Å². The van der Waals surface area contributed by atoms with Crippen molar-refractivity contribution in [2.75, 3.05) is 0 Å². The second-order valence-electron chi connectivity index (χ2n) is 6.52. The van der Waals surface area contributed by atoms with E-state index in [1.165, 1.54) is 0 Å². The number of carbonyl (C=O) groups is 1. The van der Waals surface area contributed by atoms with Gasteiger partial charge in [0.1, 0.15) is 0 Å². The van der Waals surface area contributed by atoms with E-state index in [-0.39, 0.29) is 22.8 Å². The SMILES string of the molecule is CC1(C)C(NC(=O)c2ccc3cn[nH]c3c2)C1(C)C. The number of aromatic nitrogens is 2. The second kappa shape index (κ2) is 3.59. The number of hydrogen-bond acceptors (Lipinski definition) is 2. The zero-order chi connectivity index (χ0) is 13.8. The summed E-state index contributed by atoms with van der Waals surface area (Å²) in [7, 11) is 0. The third kappa shape index (κ3) is 1.66. The van der Waals surface area contributed by atoms with E-state index in [1.54, 1.807) is 6.20 Å². The highest BCUT2D eigenvalue weighted by Gasteiger charge is 2.65. The maximum Gasteiger partial charge on any atom is 0.251 e. The summed E-state index contributed by atoms with van der Waals surface area (Å²) in [6.45, 7) is 8.76. The minimum Gasteiger partial charge on any atom is -0.348 e. The molecule has 0 saturated heterocycles. The van der Waals surface area contributed by atoms with Crippen molar-refractivity contribution in [3.63, 3.8) is 0 Å². The predicted molar refractivity (Wildman–Crippen MR) is 74.9 cm³/mol. The lowest BCUT2D eigenvalue weighted by molar-refractivity contribution is 0.0944. The molecule has 19 heavy (non-hydrogen) atoms. The fourth-order valence-corrected chi connectivity index (χ4v) is 2.85. The Hall–Kier alpha value is -1.84. The largest absolute Gasteiger partial charge is 0.348 e. The molecular formula is C15H19N3O. The molecule has 3 rings (SSSR count). The number of aromatic amines is 1. The van der Waals surface area contributed by atoms with Gasteiger partial charge in [-0.1, -0.05) is 33.8 Å². The summed E-state index contributed by atoms with van der Waals surface area (Å²) in [4.78, 5) is 12.3. The highest BCUT2D eigenvalue weighted by Crippen LogP contribution is 2.62. The van der Waals surface area contributed by atoms with Crippen LogP contribution in [0.2, 0.25) is 0 Å². The molecule has 2 N–H and O–H groups in total. The Bertz CT molecular complexity index is 640. The molecule has 1 fully saturated rings. The zero-order valence-electron chi connectivity index (χ0n) is 11.7. The first kappa shape index (κ1) is 12.2. The highest BCUT2D eigenvalue weighted by atomic mass is 16.1. The molecule has 1 aliphatic rings. The normalized spacial score (nSPS) is 20.4. The fourth-order valence-electron chi connectivity index (χ4n) is 2.85. The van der Waals surface area contributed by atoms with Crippen molar-refractivity contribution in [1.29, 1.82) is 0 Å². The number of nitrogens with zero attached hydrogens (tertiary/aromatic N) is 1. The molecule has 0 aliphatic heterocycles. The predicted octanol–water partition coefficient (Wildman–Crippen LogP) is 2.73. The van der Waals surface area contributed by atoms with Crippen molar-refractivity contribution in [2.24, 2.45) is 10.8 Å². The topological polar surface area (TPSA) is 57.8 Å². The molecule has 4 heteroatoms. The Kier molecular flexibility index (Phi) is 2.31. The van der Waals surface area contributed by atoms with Crippen molar-refractivity contribution in [3.05, 3.63) is 30.0 Å². The summed E-state index contributed by atoms with van der Waals surface area (Å²) in [5.74, 6) is -0.0137. The molecule has 1 aromatic carbocycles. The fraction of sp³-hybridized carbons (Fsp3) is 0.467.